The lowest BCUT2D eigenvalue weighted by atomic mass is 9.43. The highest BCUT2D eigenvalue weighted by Gasteiger charge is 2.63. The number of hydrogen-bond acceptors (Lipinski definition) is 7. The maximum atomic E-state index is 12.8. The SMILES string of the molecule is C[C@H](COC(=O)NS(=O)(=O)c1ccc(OC2(C)CC2)cc1)[C@H]1CC[C@H]2[C@@H]3[C@H](O)C[C@@H]4C[C@H](O)CC[C@]4(C)[C@H]3CC[C@]12C. The minimum Gasteiger partial charge on any atom is -0.488 e. The minimum atomic E-state index is -4.06. The van der Waals surface area contributed by atoms with Crippen molar-refractivity contribution in [2.24, 2.45) is 46.3 Å². The zero-order chi connectivity index (χ0) is 30.1. The molecule has 234 valence electrons. The summed E-state index contributed by atoms with van der Waals surface area (Å²) in [5, 5.41) is 21.8. The molecule has 1 amide bonds. The number of amides is 1. The summed E-state index contributed by atoms with van der Waals surface area (Å²) >= 11 is 0. The first-order valence-electron chi connectivity index (χ1n) is 16.1. The molecule has 0 heterocycles. The second kappa shape index (κ2) is 10.7. The average Bonchev–Trinajstić information content (AvgIpc) is 3.54. The molecule has 1 aromatic rings. The van der Waals surface area contributed by atoms with Gasteiger partial charge in [-0.15, -0.1) is 0 Å². The summed E-state index contributed by atoms with van der Waals surface area (Å²) in [5.74, 6) is 2.57. The summed E-state index contributed by atoms with van der Waals surface area (Å²) in [5.41, 5.74) is 0.0714. The Morgan fingerprint density at radius 1 is 0.952 bits per heavy atom. The maximum absolute atomic E-state index is 12.8. The molecule has 0 spiro atoms. The first-order valence-corrected chi connectivity index (χ1v) is 17.6. The summed E-state index contributed by atoms with van der Waals surface area (Å²) in [4.78, 5) is 12.6. The average molecular weight is 604 g/mol. The lowest BCUT2D eigenvalue weighted by molar-refractivity contribution is -0.174. The summed E-state index contributed by atoms with van der Waals surface area (Å²) < 4.78 is 39.0. The molecular formula is C33H49NO7S. The van der Waals surface area contributed by atoms with Crippen LogP contribution in [0.4, 0.5) is 4.79 Å². The normalized spacial score (nSPS) is 41.0. The fourth-order valence-electron chi connectivity index (χ4n) is 9.95. The number of aliphatic hydroxyl groups excluding tert-OH is 2. The monoisotopic (exact) mass is 603 g/mol. The summed E-state index contributed by atoms with van der Waals surface area (Å²) in [6.07, 6.45) is 8.19. The van der Waals surface area contributed by atoms with Crippen LogP contribution in [0.3, 0.4) is 0 Å². The number of sulfonamides is 1. The van der Waals surface area contributed by atoms with Crippen LogP contribution >= 0.6 is 0 Å². The van der Waals surface area contributed by atoms with Gasteiger partial charge in [0.25, 0.3) is 10.0 Å². The zero-order valence-electron chi connectivity index (χ0n) is 25.6. The molecule has 42 heavy (non-hydrogen) atoms. The predicted octanol–water partition coefficient (Wildman–Crippen LogP) is 5.66. The van der Waals surface area contributed by atoms with Gasteiger partial charge in [0.15, 0.2) is 0 Å². The van der Waals surface area contributed by atoms with Gasteiger partial charge in [-0.3, -0.25) is 0 Å². The third kappa shape index (κ3) is 5.36. The van der Waals surface area contributed by atoms with Gasteiger partial charge in [0.1, 0.15) is 11.4 Å². The second-order valence-corrected chi connectivity index (χ2v) is 16.8. The summed E-state index contributed by atoms with van der Waals surface area (Å²) in [6.45, 7) is 9.05. The van der Waals surface area contributed by atoms with Crippen molar-refractivity contribution in [3.05, 3.63) is 24.3 Å². The molecule has 0 bridgehead atoms. The molecule has 5 fully saturated rings. The number of rotatable bonds is 7. The van der Waals surface area contributed by atoms with E-state index in [-0.39, 0.29) is 52.0 Å². The van der Waals surface area contributed by atoms with Crippen LogP contribution < -0.4 is 9.46 Å². The summed E-state index contributed by atoms with van der Waals surface area (Å²) in [7, 11) is -4.06. The number of carbonyl (C=O) groups excluding carboxylic acids is 1. The van der Waals surface area contributed by atoms with Gasteiger partial charge in [0.2, 0.25) is 0 Å². The van der Waals surface area contributed by atoms with Crippen LogP contribution in [-0.4, -0.2) is 49.1 Å². The van der Waals surface area contributed by atoms with Crippen molar-refractivity contribution < 1.29 is 32.9 Å². The number of hydrogen-bond donors (Lipinski definition) is 3. The molecule has 5 aliphatic rings. The van der Waals surface area contributed by atoms with E-state index in [0.29, 0.717) is 29.4 Å². The van der Waals surface area contributed by atoms with Crippen molar-refractivity contribution in [1.82, 2.24) is 4.72 Å². The number of nitrogens with one attached hydrogen (secondary N) is 1. The Labute approximate surface area is 251 Å². The van der Waals surface area contributed by atoms with Crippen LogP contribution in [0.15, 0.2) is 29.2 Å². The topological polar surface area (TPSA) is 122 Å². The van der Waals surface area contributed by atoms with E-state index >= 15 is 0 Å². The minimum absolute atomic E-state index is 0.0156. The standard InChI is InChI=1S/C33H49NO7S/c1-20(19-40-30(37)34-42(38,39)24-7-5-23(6-8-24)41-31(2)15-16-31)25-9-10-26-29-27(12-14-33(25,26)4)32(3)13-11-22(35)17-21(32)18-28(29)36/h5-8,20-22,25-29,35-36H,9-19H2,1-4H3,(H,34,37)/t20-,21+,22-,25-,26+,27+,28-,29+,32+,33-/m1/s1. The van der Waals surface area contributed by atoms with Crippen molar-refractivity contribution in [2.45, 2.75) is 115 Å². The third-order valence-electron chi connectivity index (χ3n) is 12.6. The first-order chi connectivity index (χ1) is 19.7. The third-order valence-corrected chi connectivity index (χ3v) is 13.9. The van der Waals surface area contributed by atoms with E-state index in [2.05, 4.69) is 25.5 Å². The highest BCUT2D eigenvalue weighted by molar-refractivity contribution is 7.90. The Balaban J connectivity index is 1.06. The van der Waals surface area contributed by atoms with Crippen molar-refractivity contribution in [3.63, 3.8) is 0 Å². The molecular weight excluding hydrogens is 554 g/mol. The van der Waals surface area contributed by atoms with E-state index < -0.39 is 16.1 Å². The molecule has 1 aromatic carbocycles. The van der Waals surface area contributed by atoms with Crippen LogP contribution in [-0.2, 0) is 14.8 Å². The lowest BCUT2D eigenvalue weighted by Gasteiger charge is -2.62. The Hall–Kier alpha value is -1.84. The number of ether oxygens (including phenoxy) is 2. The molecule has 0 unspecified atom stereocenters. The van der Waals surface area contributed by atoms with Crippen LogP contribution in [0, 0.1) is 46.3 Å². The number of benzene rings is 1. The largest absolute Gasteiger partial charge is 0.488 e. The first kappa shape index (κ1) is 30.2. The Bertz CT molecular complexity index is 1280. The van der Waals surface area contributed by atoms with Crippen LogP contribution in [0.2, 0.25) is 0 Å². The molecule has 9 heteroatoms. The van der Waals surface area contributed by atoms with Crippen molar-refractivity contribution in [2.75, 3.05) is 6.61 Å². The van der Waals surface area contributed by atoms with Gasteiger partial charge >= 0.3 is 6.09 Å². The van der Waals surface area contributed by atoms with Gasteiger partial charge in [0.05, 0.1) is 23.7 Å². The van der Waals surface area contributed by atoms with E-state index in [1.165, 1.54) is 12.1 Å². The van der Waals surface area contributed by atoms with E-state index in [1.807, 2.05) is 6.92 Å². The van der Waals surface area contributed by atoms with E-state index in [4.69, 9.17) is 9.47 Å². The van der Waals surface area contributed by atoms with E-state index in [9.17, 15) is 23.4 Å². The van der Waals surface area contributed by atoms with Gasteiger partial charge in [-0.05, 0) is 142 Å². The van der Waals surface area contributed by atoms with Crippen LogP contribution in [0.25, 0.3) is 0 Å². The van der Waals surface area contributed by atoms with Crippen molar-refractivity contribution >= 4 is 16.1 Å². The number of fused-ring (bicyclic) bond motifs is 5. The highest BCUT2D eigenvalue weighted by atomic mass is 32.2. The Kier molecular flexibility index (Phi) is 7.66. The van der Waals surface area contributed by atoms with Gasteiger partial charge in [0, 0.05) is 0 Å². The molecule has 5 saturated carbocycles. The maximum Gasteiger partial charge on any atom is 0.421 e. The summed E-state index contributed by atoms with van der Waals surface area (Å²) in [6, 6.07) is 6.09. The van der Waals surface area contributed by atoms with Gasteiger partial charge < -0.3 is 19.7 Å². The van der Waals surface area contributed by atoms with E-state index in [0.717, 1.165) is 64.2 Å². The number of aliphatic hydroxyl groups is 2. The lowest BCUT2D eigenvalue weighted by Crippen LogP contribution is -2.58. The Morgan fingerprint density at radius 2 is 1.62 bits per heavy atom. The zero-order valence-corrected chi connectivity index (χ0v) is 26.4. The molecule has 10 atom stereocenters. The van der Waals surface area contributed by atoms with Gasteiger partial charge in [-0.2, -0.15) is 0 Å². The molecule has 6 rings (SSSR count). The van der Waals surface area contributed by atoms with Crippen LogP contribution in [0.5, 0.6) is 5.75 Å². The van der Waals surface area contributed by atoms with Crippen molar-refractivity contribution in [3.8, 4) is 5.75 Å². The molecule has 3 N–H and O–H groups in total. The fraction of sp³-hybridized carbons (Fsp3) is 0.788. The molecule has 0 aromatic heterocycles. The van der Waals surface area contributed by atoms with E-state index in [1.54, 1.807) is 12.1 Å². The molecule has 0 aliphatic heterocycles. The number of carbonyl (C=O) groups is 1. The Morgan fingerprint density at radius 3 is 2.31 bits per heavy atom. The van der Waals surface area contributed by atoms with Crippen LogP contribution in [0.1, 0.15) is 91.9 Å². The molecule has 5 aliphatic carbocycles. The molecule has 0 radical (unpaired) electrons. The quantitative estimate of drug-likeness (QED) is 0.368. The fourth-order valence-corrected chi connectivity index (χ4v) is 10.8. The smallest absolute Gasteiger partial charge is 0.421 e. The molecule has 0 saturated heterocycles. The van der Waals surface area contributed by atoms with Gasteiger partial charge in [-0.25, -0.2) is 17.9 Å². The van der Waals surface area contributed by atoms with Gasteiger partial charge in [-0.1, -0.05) is 20.8 Å². The molecule has 8 nitrogen and oxygen atoms in total. The predicted molar refractivity (Wildman–Crippen MR) is 158 cm³/mol. The second-order valence-electron chi connectivity index (χ2n) is 15.2. The highest BCUT2D eigenvalue weighted by Crippen LogP contribution is 2.68. The van der Waals surface area contributed by atoms with Crippen molar-refractivity contribution in [1.29, 1.82) is 0 Å².